The van der Waals surface area contributed by atoms with Crippen LogP contribution in [0.5, 0.6) is 0 Å². The molecule has 1 rings (SSSR count). The standard InChI is InChI=1S/C10H22N2O/c1-10(2)5-9(10)11-6-8(13)7-12(3)4/h8-9,11,13H,5-7H2,1-4H3. The van der Waals surface area contributed by atoms with E-state index in [9.17, 15) is 5.11 Å². The van der Waals surface area contributed by atoms with Crippen molar-refractivity contribution in [1.82, 2.24) is 10.2 Å². The maximum atomic E-state index is 9.56. The van der Waals surface area contributed by atoms with E-state index in [2.05, 4.69) is 19.2 Å². The third-order valence-electron chi connectivity index (χ3n) is 2.69. The second-order valence-corrected chi connectivity index (χ2v) is 5.07. The number of rotatable bonds is 5. The first-order chi connectivity index (χ1) is 5.92. The Labute approximate surface area is 81.1 Å². The van der Waals surface area contributed by atoms with Crippen molar-refractivity contribution in [2.24, 2.45) is 5.41 Å². The van der Waals surface area contributed by atoms with Gasteiger partial charge in [0.25, 0.3) is 0 Å². The molecule has 0 aromatic carbocycles. The Hall–Kier alpha value is -0.120. The summed E-state index contributed by atoms with van der Waals surface area (Å²) >= 11 is 0. The minimum absolute atomic E-state index is 0.244. The molecule has 78 valence electrons. The SMILES string of the molecule is CN(C)CC(O)CNC1CC1(C)C. The summed E-state index contributed by atoms with van der Waals surface area (Å²) in [6.45, 7) is 5.96. The van der Waals surface area contributed by atoms with Gasteiger partial charge in [-0.1, -0.05) is 13.8 Å². The van der Waals surface area contributed by atoms with Crippen LogP contribution in [0.4, 0.5) is 0 Å². The lowest BCUT2D eigenvalue weighted by atomic mass is 10.2. The molecule has 1 saturated carbocycles. The molecule has 0 radical (unpaired) electrons. The topological polar surface area (TPSA) is 35.5 Å². The van der Waals surface area contributed by atoms with Crippen molar-refractivity contribution in [2.45, 2.75) is 32.4 Å². The van der Waals surface area contributed by atoms with E-state index in [0.717, 1.165) is 6.54 Å². The highest BCUT2D eigenvalue weighted by molar-refractivity contribution is 5.01. The highest BCUT2D eigenvalue weighted by atomic mass is 16.3. The molecular weight excluding hydrogens is 164 g/mol. The molecule has 0 aliphatic heterocycles. The van der Waals surface area contributed by atoms with Crippen LogP contribution in [0, 0.1) is 5.41 Å². The van der Waals surface area contributed by atoms with Crippen molar-refractivity contribution in [3.8, 4) is 0 Å². The molecule has 3 heteroatoms. The van der Waals surface area contributed by atoms with Crippen molar-refractivity contribution in [3.05, 3.63) is 0 Å². The van der Waals surface area contributed by atoms with Crippen LogP contribution in [0.1, 0.15) is 20.3 Å². The van der Waals surface area contributed by atoms with Crippen LogP contribution in [0.25, 0.3) is 0 Å². The highest BCUT2D eigenvalue weighted by Crippen LogP contribution is 2.44. The number of nitrogens with one attached hydrogen (secondary N) is 1. The number of nitrogens with zero attached hydrogens (tertiary/aromatic N) is 1. The van der Waals surface area contributed by atoms with Crippen LogP contribution in [-0.4, -0.2) is 49.3 Å². The van der Waals surface area contributed by atoms with Gasteiger partial charge in [-0.05, 0) is 25.9 Å². The Morgan fingerprint density at radius 2 is 2.08 bits per heavy atom. The first-order valence-corrected chi connectivity index (χ1v) is 4.98. The van der Waals surface area contributed by atoms with Crippen molar-refractivity contribution in [1.29, 1.82) is 0 Å². The average molecular weight is 186 g/mol. The first kappa shape index (κ1) is 11.0. The summed E-state index contributed by atoms with van der Waals surface area (Å²) in [6.07, 6.45) is 0.994. The van der Waals surface area contributed by atoms with Gasteiger partial charge in [0.2, 0.25) is 0 Å². The lowest BCUT2D eigenvalue weighted by molar-refractivity contribution is 0.133. The second-order valence-electron chi connectivity index (χ2n) is 5.07. The maximum Gasteiger partial charge on any atom is 0.0791 e. The van der Waals surface area contributed by atoms with E-state index in [1.807, 2.05) is 19.0 Å². The van der Waals surface area contributed by atoms with Gasteiger partial charge in [-0.2, -0.15) is 0 Å². The van der Waals surface area contributed by atoms with Gasteiger partial charge in [0.05, 0.1) is 6.10 Å². The Bertz CT molecular complexity index is 168. The van der Waals surface area contributed by atoms with Gasteiger partial charge in [0, 0.05) is 19.1 Å². The second kappa shape index (κ2) is 3.95. The number of aliphatic hydroxyl groups excluding tert-OH is 1. The fourth-order valence-corrected chi connectivity index (χ4v) is 1.58. The number of aliphatic hydroxyl groups is 1. The molecule has 2 N–H and O–H groups in total. The zero-order valence-electron chi connectivity index (χ0n) is 9.17. The monoisotopic (exact) mass is 186 g/mol. The Balaban J connectivity index is 2.06. The summed E-state index contributed by atoms with van der Waals surface area (Å²) in [5.74, 6) is 0. The van der Waals surface area contributed by atoms with E-state index in [4.69, 9.17) is 0 Å². The lowest BCUT2D eigenvalue weighted by Gasteiger charge is -2.16. The minimum Gasteiger partial charge on any atom is -0.390 e. The fraction of sp³-hybridized carbons (Fsp3) is 1.00. The van der Waals surface area contributed by atoms with Crippen LogP contribution in [0.2, 0.25) is 0 Å². The predicted octanol–water partition coefficient (Wildman–Crippen LogP) is 0.297. The van der Waals surface area contributed by atoms with Gasteiger partial charge in [-0.3, -0.25) is 0 Å². The van der Waals surface area contributed by atoms with E-state index < -0.39 is 0 Å². The van der Waals surface area contributed by atoms with Crippen molar-refractivity contribution < 1.29 is 5.11 Å². The van der Waals surface area contributed by atoms with Gasteiger partial charge in [0.15, 0.2) is 0 Å². The van der Waals surface area contributed by atoms with Crippen LogP contribution in [0.15, 0.2) is 0 Å². The van der Waals surface area contributed by atoms with Crippen LogP contribution < -0.4 is 5.32 Å². The van der Waals surface area contributed by atoms with Crippen molar-refractivity contribution in [2.75, 3.05) is 27.2 Å². The van der Waals surface area contributed by atoms with E-state index in [-0.39, 0.29) is 6.10 Å². The predicted molar refractivity (Wildman–Crippen MR) is 54.7 cm³/mol. The largest absolute Gasteiger partial charge is 0.390 e. The zero-order chi connectivity index (χ0) is 10.1. The molecule has 2 unspecified atom stereocenters. The van der Waals surface area contributed by atoms with E-state index in [0.29, 0.717) is 18.0 Å². The molecule has 2 atom stereocenters. The lowest BCUT2D eigenvalue weighted by Crippen LogP contribution is -2.36. The summed E-state index contributed by atoms with van der Waals surface area (Å²) in [5, 5.41) is 12.9. The van der Waals surface area contributed by atoms with Gasteiger partial charge < -0.3 is 15.3 Å². The molecule has 0 heterocycles. The highest BCUT2D eigenvalue weighted by Gasteiger charge is 2.45. The third kappa shape index (κ3) is 3.63. The molecule has 0 aromatic rings. The number of hydrogen-bond acceptors (Lipinski definition) is 3. The van der Waals surface area contributed by atoms with Crippen LogP contribution in [-0.2, 0) is 0 Å². The summed E-state index contributed by atoms with van der Waals surface area (Å²) in [7, 11) is 3.95. The molecule has 3 nitrogen and oxygen atoms in total. The molecule has 13 heavy (non-hydrogen) atoms. The Morgan fingerprint density at radius 3 is 2.46 bits per heavy atom. The van der Waals surface area contributed by atoms with E-state index >= 15 is 0 Å². The van der Waals surface area contributed by atoms with Gasteiger partial charge in [0.1, 0.15) is 0 Å². The zero-order valence-corrected chi connectivity index (χ0v) is 9.17. The molecule has 0 amide bonds. The number of hydrogen-bond donors (Lipinski definition) is 2. The first-order valence-electron chi connectivity index (χ1n) is 4.98. The molecule has 0 spiro atoms. The van der Waals surface area contributed by atoms with E-state index in [1.54, 1.807) is 0 Å². The van der Waals surface area contributed by atoms with Crippen LogP contribution >= 0.6 is 0 Å². The summed E-state index contributed by atoms with van der Waals surface area (Å²) in [6, 6.07) is 0.615. The number of likely N-dealkylation sites (N-methyl/N-ethyl adjacent to an activating group) is 1. The van der Waals surface area contributed by atoms with Gasteiger partial charge in [-0.15, -0.1) is 0 Å². The van der Waals surface area contributed by atoms with Crippen molar-refractivity contribution in [3.63, 3.8) is 0 Å². The van der Waals surface area contributed by atoms with Crippen molar-refractivity contribution >= 4 is 0 Å². The molecule has 0 aromatic heterocycles. The Morgan fingerprint density at radius 1 is 1.54 bits per heavy atom. The fourth-order valence-electron chi connectivity index (χ4n) is 1.58. The normalized spacial score (nSPS) is 27.7. The summed E-state index contributed by atoms with van der Waals surface area (Å²) < 4.78 is 0. The average Bonchev–Trinajstić information content (AvgIpc) is 2.53. The minimum atomic E-state index is -0.244. The molecule has 0 bridgehead atoms. The molecular formula is C10H22N2O. The molecule has 1 aliphatic carbocycles. The quantitative estimate of drug-likeness (QED) is 0.648. The molecule has 0 saturated heterocycles. The van der Waals surface area contributed by atoms with Gasteiger partial charge in [-0.25, -0.2) is 0 Å². The third-order valence-corrected chi connectivity index (χ3v) is 2.69. The molecule has 1 fully saturated rings. The van der Waals surface area contributed by atoms with Crippen LogP contribution in [0.3, 0.4) is 0 Å². The summed E-state index contributed by atoms with van der Waals surface area (Å²) in [4.78, 5) is 2.00. The molecule has 1 aliphatic rings. The van der Waals surface area contributed by atoms with Gasteiger partial charge >= 0.3 is 0 Å². The smallest absolute Gasteiger partial charge is 0.0791 e. The summed E-state index contributed by atoms with van der Waals surface area (Å²) in [5.41, 5.74) is 0.456. The maximum absolute atomic E-state index is 9.56. The van der Waals surface area contributed by atoms with E-state index in [1.165, 1.54) is 6.42 Å². The Kier molecular flexibility index (Phi) is 3.33.